The van der Waals surface area contributed by atoms with Crippen LogP contribution in [0.1, 0.15) is 19.3 Å². The zero-order chi connectivity index (χ0) is 14.4. The number of ether oxygens (including phenoxy) is 1. The monoisotopic (exact) mass is 278 g/mol. The van der Waals surface area contributed by atoms with Gasteiger partial charge in [0.25, 0.3) is 0 Å². The fourth-order valence-electron chi connectivity index (χ4n) is 2.04. The third-order valence-corrected chi connectivity index (χ3v) is 3.05. The van der Waals surface area contributed by atoms with Crippen molar-refractivity contribution in [2.75, 3.05) is 19.0 Å². The van der Waals surface area contributed by atoms with Gasteiger partial charge in [0.15, 0.2) is 0 Å². The summed E-state index contributed by atoms with van der Waals surface area (Å²) >= 11 is 0. The molecule has 2 heterocycles. The van der Waals surface area contributed by atoms with Crippen molar-refractivity contribution in [3.8, 4) is 5.88 Å². The zero-order valence-electron chi connectivity index (χ0n) is 11.3. The van der Waals surface area contributed by atoms with Crippen molar-refractivity contribution in [1.82, 2.24) is 15.6 Å². The Balaban J connectivity index is 1.96. The number of hydrogen-bond donors (Lipinski definition) is 3. The van der Waals surface area contributed by atoms with Gasteiger partial charge in [-0.2, -0.15) is 0 Å². The molecule has 0 aliphatic carbocycles. The number of anilines is 1. The summed E-state index contributed by atoms with van der Waals surface area (Å²) in [7, 11) is 1.48. The molecule has 1 aromatic heterocycles. The number of hydrogen-bond acceptors (Lipinski definition) is 4. The summed E-state index contributed by atoms with van der Waals surface area (Å²) in [5.74, 6) is 0.184. The third kappa shape index (κ3) is 3.59. The molecular weight excluding hydrogens is 260 g/mol. The lowest BCUT2D eigenvalue weighted by Crippen LogP contribution is -2.47. The highest BCUT2D eigenvalue weighted by Crippen LogP contribution is 2.19. The van der Waals surface area contributed by atoms with Gasteiger partial charge in [-0.05, 0) is 31.4 Å². The largest absolute Gasteiger partial charge is 0.480 e. The fraction of sp³-hybridized carbons (Fsp3) is 0.462. The maximum absolute atomic E-state index is 11.9. The van der Waals surface area contributed by atoms with Crippen LogP contribution in [0.3, 0.4) is 0 Å². The van der Waals surface area contributed by atoms with Crippen molar-refractivity contribution < 1.29 is 14.3 Å². The van der Waals surface area contributed by atoms with Crippen LogP contribution < -0.4 is 20.7 Å². The molecule has 0 spiro atoms. The summed E-state index contributed by atoms with van der Waals surface area (Å²) in [5.41, 5.74) is 0.460. The maximum atomic E-state index is 11.9. The summed E-state index contributed by atoms with van der Waals surface area (Å²) in [6.07, 6.45) is 4.05. The minimum absolute atomic E-state index is 0.143. The molecule has 20 heavy (non-hydrogen) atoms. The summed E-state index contributed by atoms with van der Waals surface area (Å²) in [4.78, 5) is 27.6. The normalized spacial score (nSPS) is 18.6. The number of methoxy groups -OCH3 is 1. The van der Waals surface area contributed by atoms with Gasteiger partial charge in [0, 0.05) is 12.7 Å². The Kier molecular flexibility index (Phi) is 4.75. The van der Waals surface area contributed by atoms with E-state index in [0.717, 1.165) is 12.8 Å². The molecule has 1 aliphatic heterocycles. The molecule has 7 heteroatoms. The predicted octanol–water partition coefficient (Wildman–Crippen LogP) is 0.880. The van der Waals surface area contributed by atoms with Gasteiger partial charge in [-0.3, -0.25) is 4.79 Å². The van der Waals surface area contributed by atoms with Gasteiger partial charge < -0.3 is 20.7 Å². The molecule has 108 valence electrons. The average Bonchev–Trinajstić information content (AvgIpc) is 2.65. The van der Waals surface area contributed by atoms with Crippen LogP contribution in [-0.2, 0) is 4.79 Å². The van der Waals surface area contributed by atoms with Crippen LogP contribution >= 0.6 is 0 Å². The van der Waals surface area contributed by atoms with E-state index in [4.69, 9.17) is 4.74 Å². The lowest BCUT2D eigenvalue weighted by molar-refractivity contribution is -0.122. The molecular formula is C13H18N4O3. The van der Waals surface area contributed by atoms with E-state index in [-0.39, 0.29) is 5.91 Å². The van der Waals surface area contributed by atoms with E-state index in [9.17, 15) is 9.59 Å². The molecule has 3 amide bonds. The highest BCUT2D eigenvalue weighted by atomic mass is 16.5. The van der Waals surface area contributed by atoms with Gasteiger partial charge in [0.05, 0.1) is 7.11 Å². The summed E-state index contributed by atoms with van der Waals surface area (Å²) in [5, 5.41) is 8.06. The fourth-order valence-corrected chi connectivity index (χ4v) is 2.04. The van der Waals surface area contributed by atoms with Crippen LogP contribution in [0, 0.1) is 0 Å². The third-order valence-electron chi connectivity index (χ3n) is 3.05. The van der Waals surface area contributed by atoms with Crippen molar-refractivity contribution in [2.45, 2.75) is 25.3 Å². The van der Waals surface area contributed by atoms with Crippen LogP contribution in [0.25, 0.3) is 0 Å². The molecule has 7 nitrogen and oxygen atoms in total. The molecule has 0 saturated carbocycles. The van der Waals surface area contributed by atoms with E-state index in [1.165, 1.54) is 7.11 Å². The Labute approximate surface area is 117 Å². The standard InChI is InChI=1S/C13H18N4O3/c1-20-12-10(6-4-8-15-12)17-13(19)16-9-5-2-3-7-14-11(9)18/h4,6,8-9H,2-3,5,7H2,1H3,(H,14,18)(H2,16,17,19)/t9-/m1/s1. The summed E-state index contributed by atoms with van der Waals surface area (Å²) < 4.78 is 5.04. The van der Waals surface area contributed by atoms with E-state index in [1.807, 2.05) is 0 Å². The predicted molar refractivity (Wildman–Crippen MR) is 73.6 cm³/mol. The van der Waals surface area contributed by atoms with Crippen molar-refractivity contribution in [1.29, 1.82) is 0 Å². The Morgan fingerprint density at radius 2 is 2.35 bits per heavy atom. The first-order chi connectivity index (χ1) is 9.70. The SMILES string of the molecule is COc1ncccc1NC(=O)N[C@@H]1CCCCNC1=O. The average molecular weight is 278 g/mol. The van der Waals surface area contributed by atoms with Crippen LogP contribution in [-0.4, -0.2) is 36.6 Å². The highest BCUT2D eigenvalue weighted by molar-refractivity contribution is 5.94. The first kappa shape index (κ1) is 14.1. The number of aromatic nitrogens is 1. The minimum Gasteiger partial charge on any atom is -0.480 e. The molecule has 1 atom stereocenters. The number of amides is 3. The second-order valence-corrected chi connectivity index (χ2v) is 4.50. The molecule has 1 aromatic rings. The van der Waals surface area contributed by atoms with Gasteiger partial charge in [0.2, 0.25) is 11.8 Å². The minimum atomic E-state index is -0.500. The van der Waals surface area contributed by atoms with Crippen LogP contribution in [0.4, 0.5) is 10.5 Å². The molecule has 1 aliphatic rings. The molecule has 1 fully saturated rings. The highest BCUT2D eigenvalue weighted by Gasteiger charge is 2.22. The Hall–Kier alpha value is -2.31. The number of carbonyl (C=O) groups is 2. The lowest BCUT2D eigenvalue weighted by Gasteiger charge is -2.16. The van der Waals surface area contributed by atoms with Crippen LogP contribution in [0.5, 0.6) is 5.88 Å². The maximum Gasteiger partial charge on any atom is 0.320 e. The first-order valence-electron chi connectivity index (χ1n) is 6.55. The van der Waals surface area contributed by atoms with Crippen LogP contribution in [0.2, 0.25) is 0 Å². The number of urea groups is 1. The van der Waals surface area contributed by atoms with E-state index in [1.54, 1.807) is 18.3 Å². The Morgan fingerprint density at radius 1 is 1.50 bits per heavy atom. The van der Waals surface area contributed by atoms with Gasteiger partial charge in [-0.15, -0.1) is 0 Å². The van der Waals surface area contributed by atoms with Gasteiger partial charge in [-0.25, -0.2) is 9.78 Å². The lowest BCUT2D eigenvalue weighted by atomic mass is 10.1. The van der Waals surface area contributed by atoms with E-state index in [2.05, 4.69) is 20.9 Å². The first-order valence-corrected chi connectivity index (χ1v) is 6.55. The smallest absolute Gasteiger partial charge is 0.320 e. The van der Waals surface area contributed by atoms with E-state index in [0.29, 0.717) is 24.5 Å². The Morgan fingerprint density at radius 3 is 3.15 bits per heavy atom. The zero-order valence-corrected chi connectivity index (χ0v) is 11.3. The molecule has 0 unspecified atom stereocenters. The number of nitrogens with zero attached hydrogens (tertiary/aromatic N) is 1. The Bertz CT molecular complexity index is 492. The van der Waals surface area contributed by atoms with Crippen LogP contribution in [0.15, 0.2) is 18.3 Å². The second kappa shape index (κ2) is 6.74. The molecule has 0 aromatic carbocycles. The van der Waals surface area contributed by atoms with Crippen molar-refractivity contribution in [3.05, 3.63) is 18.3 Å². The molecule has 1 saturated heterocycles. The molecule has 0 radical (unpaired) electrons. The second-order valence-electron chi connectivity index (χ2n) is 4.50. The summed E-state index contributed by atoms with van der Waals surface area (Å²) in [6.45, 7) is 0.662. The number of nitrogens with one attached hydrogen (secondary N) is 3. The molecule has 0 bridgehead atoms. The van der Waals surface area contributed by atoms with Crippen molar-refractivity contribution >= 4 is 17.6 Å². The number of rotatable bonds is 3. The van der Waals surface area contributed by atoms with Gasteiger partial charge in [0.1, 0.15) is 11.7 Å². The van der Waals surface area contributed by atoms with Gasteiger partial charge in [-0.1, -0.05) is 0 Å². The number of carbonyl (C=O) groups excluding carboxylic acids is 2. The molecule has 3 N–H and O–H groups in total. The quantitative estimate of drug-likeness (QED) is 0.765. The number of pyridine rings is 1. The van der Waals surface area contributed by atoms with Gasteiger partial charge >= 0.3 is 6.03 Å². The topological polar surface area (TPSA) is 92.3 Å². The molecule has 2 rings (SSSR count). The van der Waals surface area contributed by atoms with E-state index >= 15 is 0 Å². The van der Waals surface area contributed by atoms with Crippen molar-refractivity contribution in [3.63, 3.8) is 0 Å². The van der Waals surface area contributed by atoms with Crippen molar-refractivity contribution in [2.24, 2.45) is 0 Å². The van der Waals surface area contributed by atoms with E-state index < -0.39 is 12.1 Å². The summed E-state index contributed by atoms with van der Waals surface area (Å²) in [6, 6.07) is 2.42.